The number of benzene rings is 3. The van der Waals surface area contributed by atoms with Gasteiger partial charge in [-0.2, -0.15) is 5.06 Å². The molecule has 0 aromatic heterocycles. The molecule has 12 nitrogen and oxygen atoms in total. The molecule has 2 bridgehead atoms. The lowest BCUT2D eigenvalue weighted by Crippen LogP contribution is -2.62. The number of nitrogens with zero attached hydrogens (tertiary/aromatic N) is 2. The topological polar surface area (TPSA) is 158 Å². The van der Waals surface area contributed by atoms with Crippen molar-refractivity contribution in [1.29, 1.82) is 0 Å². The number of methoxy groups -OCH3 is 1. The van der Waals surface area contributed by atoms with Crippen LogP contribution in [-0.2, 0) is 32.0 Å². The second-order valence-electron chi connectivity index (χ2n) is 16.1. The summed E-state index contributed by atoms with van der Waals surface area (Å²) in [6.45, 7) is 8.15. The van der Waals surface area contributed by atoms with Crippen LogP contribution in [-0.4, -0.2) is 87.6 Å². The van der Waals surface area contributed by atoms with Crippen LogP contribution in [0.2, 0.25) is 0 Å². The van der Waals surface area contributed by atoms with Gasteiger partial charge in [0.25, 0.3) is 5.91 Å². The number of amides is 2. The van der Waals surface area contributed by atoms with Crippen molar-refractivity contribution in [3.05, 3.63) is 83.4 Å². The van der Waals surface area contributed by atoms with Crippen LogP contribution in [0.4, 0.5) is 5.69 Å². The van der Waals surface area contributed by atoms with Gasteiger partial charge in [-0.25, -0.2) is 13.1 Å². The van der Waals surface area contributed by atoms with E-state index in [1.807, 2.05) is 43.3 Å². The predicted molar refractivity (Wildman–Crippen MR) is 207 cm³/mol. The summed E-state index contributed by atoms with van der Waals surface area (Å²) in [6, 6.07) is 18.4. The van der Waals surface area contributed by atoms with E-state index in [0.29, 0.717) is 51.4 Å². The summed E-state index contributed by atoms with van der Waals surface area (Å²) in [5.41, 5.74) is 3.51. The first-order valence-corrected chi connectivity index (χ1v) is 20.3. The van der Waals surface area contributed by atoms with Crippen molar-refractivity contribution in [3.63, 3.8) is 0 Å². The number of aliphatic hydroxyl groups excluding tert-OH is 2. The lowest BCUT2D eigenvalue weighted by atomic mass is 9.45. The average Bonchev–Trinajstić information content (AvgIpc) is 3.50. The normalized spacial score (nSPS) is 26.7. The van der Waals surface area contributed by atoms with Gasteiger partial charge in [0, 0.05) is 48.4 Å². The quantitative estimate of drug-likeness (QED) is 0.198. The Balaban J connectivity index is 1.29. The Labute approximate surface area is 318 Å². The standard InChI is InChI=1S/C41H54N4O8S/c1-24-33-19-30(41(33,3)4)20-34(24)42-40(49)37-36(25(2)47)35(22-46)53-45(37)21-27-14-11-15-32(38(27)52-7)28-16-29(18-31(17-28)44(5)6)39(48)43-54(50,51)23-26-12-9-8-10-13-26/h8-18,24-25,30,33-37,46-47H,19-23H2,1-7H3,(H,42,49)(H,43,48)/t24-,25-,30+,33-,34-,35-,36+,37-/m0/s1. The molecule has 3 aliphatic carbocycles. The monoisotopic (exact) mass is 762 g/mol. The van der Waals surface area contributed by atoms with Gasteiger partial charge in [-0.1, -0.05) is 69.3 Å². The average molecular weight is 763 g/mol. The first-order valence-electron chi connectivity index (χ1n) is 18.6. The van der Waals surface area contributed by atoms with Gasteiger partial charge in [-0.05, 0) is 72.3 Å². The van der Waals surface area contributed by atoms with E-state index in [4.69, 9.17) is 9.57 Å². The highest BCUT2D eigenvalue weighted by atomic mass is 32.2. The summed E-state index contributed by atoms with van der Waals surface area (Å²) in [7, 11) is 1.18. The third-order valence-electron chi connectivity index (χ3n) is 12.1. The zero-order valence-electron chi connectivity index (χ0n) is 32.2. The van der Waals surface area contributed by atoms with Crippen molar-refractivity contribution >= 4 is 27.5 Å². The van der Waals surface area contributed by atoms with E-state index in [2.05, 4.69) is 30.8 Å². The second-order valence-corrected chi connectivity index (χ2v) is 17.8. The third kappa shape index (κ3) is 7.88. The number of hydrogen-bond donors (Lipinski definition) is 4. The van der Waals surface area contributed by atoms with E-state index in [-0.39, 0.29) is 41.8 Å². The van der Waals surface area contributed by atoms with Crippen LogP contribution in [0.15, 0.2) is 66.7 Å². The molecule has 7 rings (SSSR count). The molecule has 0 radical (unpaired) electrons. The number of ether oxygens (including phenoxy) is 1. The first-order chi connectivity index (χ1) is 25.5. The highest BCUT2D eigenvalue weighted by molar-refractivity contribution is 7.89. The molecular weight excluding hydrogens is 709 g/mol. The van der Waals surface area contributed by atoms with Gasteiger partial charge in [-0.15, -0.1) is 0 Å². The summed E-state index contributed by atoms with van der Waals surface area (Å²) >= 11 is 0. The Kier molecular flexibility index (Phi) is 11.5. The molecule has 4 N–H and O–H groups in total. The fourth-order valence-electron chi connectivity index (χ4n) is 9.02. The maximum absolute atomic E-state index is 14.2. The minimum Gasteiger partial charge on any atom is -0.496 e. The van der Waals surface area contributed by atoms with Crippen molar-refractivity contribution in [1.82, 2.24) is 15.1 Å². The van der Waals surface area contributed by atoms with Crippen LogP contribution < -0.4 is 19.7 Å². The lowest BCUT2D eigenvalue weighted by Gasteiger charge is -2.62. The van der Waals surface area contributed by atoms with E-state index >= 15 is 0 Å². The summed E-state index contributed by atoms with van der Waals surface area (Å²) in [5, 5.41) is 26.1. The Morgan fingerprint density at radius 2 is 1.80 bits per heavy atom. The molecule has 3 aromatic rings. The van der Waals surface area contributed by atoms with Gasteiger partial charge >= 0.3 is 0 Å². The molecule has 8 atom stereocenters. The summed E-state index contributed by atoms with van der Waals surface area (Å²) in [6.07, 6.45) is 0.326. The number of carbonyl (C=O) groups is 2. The predicted octanol–water partition coefficient (Wildman–Crippen LogP) is 4.35. The number of anilines is 1. The molecule has 2 amide bonds. The SMILES string of the molecule is COc1c(CN2O[C@@H](CO)[C@@H]([C@H](C)O)[C@H]2C(=O)N[C@H]2C[C@H]3C[C@@H]([C@@H]2C)C3(C)C)cccc1-c1cc(C(=O)NS(=O)(=O)Cc2ccccc2)cc(N(C)C)c1. The molecule has 54 heavy (non-hydrogen) atoms. The van der Waals surface area contributed by atoms with Crippen LogP contribution in [0.5, 0.6) is 5.75 Å². The molecule has 0 spiro atoms. The lowest BCUT2D eigenvalue weighted by molar-refractivity contribution is -0.183. The molecule has 292 valence electrons. The van der Waals surface area contributed by atoms with Crippen molar-refractivity contribution in [2.24, 2.45) is 29.1 Å². The minimum atomic E-state index is -4.00. The van der Waals surface area contributed by atoms with E-state index in [9.17, 15) is 28.2 Å². The van der Waals surface area contributed by atoms with Gasteiger partial charge in [0.05, 0.1) is 32.1 Å². The molecule has 4 fully saturated rings. The van der Waals surface area contributed by atoms with Crippen LogP contribution >= 0.6 is 0 Å². The maximum Gasteiger partial charge on any atom is 0.264 e. The van der Waals surface area contributed by atoms with Gasteiger partial charge in [-0.3, -0.25) is 14.4 Å². The molecule has 3 aromatic carbocycles. The first kappa shape index (κ1) is 39.7. The number of rotatable bonds is 13. The summed E-state index contributed by atoms with van der Waals surface area (Å²) < 4.78 is 34.2. The molecule has 1 heterocycles. The van der Waals surface area contributed by atoms with Crippen molar-refractivity contribution in [3.8, 4) is 16.9 Å². The van der Waals surface area contributed by atoms with Crippen molar-refractivity contribution in [2.75, 3.05) is 32.7 Å². The molecule has 3 saturated carbocycles. The van der Waals surface area contributed by atoms with E-state index in [1.165, 1.54) is 13.5 Å². The second kappa shape index (κ2) is 15.6. The van der Waals surface area contributed by atoms with Crippen LogP contribution in [0.25, 0.3) is 11.1 Å². The van der Waals surface area contributed by atoms with Crippen molar-refractivity contribution < 1.29 is 37.8 Å². The smallest absolute Gasteiger partial charge is 0.264 e. The number of carbonyl (C=O) groups excluding carboxylic acids is 2. The molecule has 13 heteroatoms. The van der Waals surface area contributed by atoms with Gasteiger partial charge < -0.3 is 25.2 Å². The van der Waals surface area contributed by atoms with E-state index in [1.54, 1.807) is 54.5 Å². The Morgan fingerprint density at radius 3 is 2.41 bits per heavy atom. The number of sulfonamides is 1. The van der Waals surface area contributed by atoms with Crippen LogP contribution in [0.3, 0.4) is 0 Å². The zero-order chi connectivity index (χ0) is 39.1. The van der Waals surface area contributed by atoms with Crippen LogP contribution in [0.1, 0.15) is 62.0 Å². The van der Waals surface area contributed by atoms with Gasteiger partial charge in [0.2, 0.25) is 15.9 Å². The summed E-state index contributed by atoms with van der Waals surface area (Å²) in [4.78, 5) is 35.7. The number of hydroxylamine groups is 2. The van der Waals surface area contributed by atoms with Crippen molar-refractivity contribution in [2.45, 2.75) is 77.1 Å². The van der Waals surface area contributed by atoms with Crippen LogP contribution in [0, 0.1) is 29.1 Å². The largest absolute Gasteiger partial charge is 0.496 e. The van der Waals surface area contributed by atoms with E-state index in [0.717, 1.165) is 6.42 Å². The molecule has 1 aliphatic heterocycles. The third-order valence-corrected chi connectivity index (χ3v) is 13.4. The summed E-state index contributed by atoms with van der Waals surface area (Å²) in [5.74, 6) is -0.224. The zero-order valence-corrected chi connectivity index (χ0v) is 33.0. The number of fused-ring (bicyclic) bond motifs is 2. The Hall–Kier alpha value is -4.01. The molecule has 4 aliphatic rings. The fraction of sp³-hybridized carbons (Fsp3) is 0.512. The van der Waals surface area contributed by atoms with Gasteiger partial charge in [0.15, 0.2) is 0 Å². The Morgan fingerprint density at radius 1 is 1.07 bits per heavy atom. The molecule has 1 saturated heterocycles. The van der Waals surface area contributed by atoms with Gasteiger partial charge in [0.1, 0.15) is 17.9 Å². The maximum atomic E-state index is 14.2. The number of hydrogen-bond acceptors (Lipinski definition) is 10. The number of nitrogens with one attached hydrogen (secondary N) is 2. The highest BCUT2D eigenvalue weighted by Gasteiger charge is 2.57. The molecule has 0 unspecified atom stereocenters. The fourth-order valence-corrected chi connectivity index (χ4v) is 10.1. The highest BCUT2D eigenvalue weighted by Crippen LogP contribution is 2.61. The van der Waals surface area contributed by atoms with E-state index < -0.39 is 40.1 Å². The Bertz CT molecular complexity index is 1950. The minimum absolute atomic E-state index is 0.000472. The number of para-hydroxylation sites is 1. The molecular formula is C41H54N4O8S. The number of aliphatic hydroxyl groups is 2.